The number of hydrogen-bond donors (Lipinski definition) is 1. The molecule has 21 heavy (non-hydrogen) atoms. The maximum absolute atomic E-state index is 13.2. The Morgan fingerprint density at radius 2 is 1.71 bits per heavy atom. The second-order valence-corrected chi connectivity index (χ2v) is 6.12. The van der Waals surface area contributed by atoms with Gasteiger partial charge in [0.1, 0.15) is 11.2 Å². The van der Waals surface area contributed by atoms with E-state index in [9.17, 15) is 14.4 Å². The van der Waals surface area contributed by atoms with Crippen LogP contribution in [0.25, 0.3) is 0 Å². The van der Waals surface area contributed by atoms with Crippen molar-refractivity contribution in [2.24, 2.45) is 5.41 Å². The molecule has 6 heteroatoms. The van der Waals surface area contributed by atoms with Gasteiger partial charge in [-0.3, -0.25) is 4.79 Å². The van der Waals surface area contributed by atoms with Crippen molar-refractivity contribution in [3.05, 3.63) is 28.0 Å². The summed E-state index contributed by atoms with van der Waals surface area (Å²) in [6, 6.07) is 4.31. The predicted octanol–water partition coefficient (Wildman–Crippen LogP) is 4.94. The smallest absolute Gasteiger partial charge is 0.244 e. The number of carbonyl (C=O) groups is 1. The molecule has 1 aromatic rings. The molecule has 1 aromatic carbocycles. The zero-order chi connectivity index (χ0) is 15.5. The Kier molecular flexibility index (Phi) is 5.08. The van der Waals surface area contributed by atoms with Crippen LogP contribution in [0.1, 0.15) is 38.5 Å². The molecule has 0 saturated heterocycles. The maximum Gasteiger partial charge on any atom is 0.244 e. The van der Waals surface area contributed by atoms with Crippen molar-refractivity contribution >= 4 is 34.8 Å². The fourth-order valence-corrected chi connectivity index (χ4v) is 3.17. The van der Waals surface area contributed by atoms with Gasteiger partial charge < -0.3 is 5.32 Å². The molecule has 0 aromatic heterocycles. The Labute approximate surface area is 133 Å². The fraction of sp³-hybridized carbons (Fsp3) is 0.467. The first kappa shape index (κ1) is 16.1. The van der Waals surface area contributed by atoms with Crippen molar-refractivity contribution in [3.63, 3.8) is 0 Å². The van der Waals surface area contributed by atoms with Crippen LogP contribution in [0, 0.1) is 22.6 Å². The summed E-state index contributed by atoms with van der Waals surface area (Å²) in [4.78, 5) is 12.5. The van der Waals surface area contributed by atoms with Gasteiger partial charge in [0.05, 0.1) is 21.8 Å². The molecule has 1 saturated carbocycles. The average Bonchev–Trinajstić information content (AvgIpc) is 2.68. The zero-order valence-electron chi connectivity index (χ0n) is 11.4. The number of benzene rings is 1. The molecule has 1 aliphatic carbocycles. The number of halogens is 3. The number of rotatable bonds is 2. The van der Waals surface area contributed by atoms with E-state index in [4.69, 9.17) is 23.2 Å². The van der Waals surface area contributed by atoms with Gasteiger partial charge in [0.25, 0.3) is 0 Å². The van der Waals surface area contributed by atoms with Crippen LogP contribution in [0.2, 0.25) is 10.0 Å². The highest BCUT2D eigenvalue weighted by molar-refractivity contribution is 6.39. The van der Waals surface area contributed by atoms with Gasteiger partial charge in [0, 0.05) is 0 Å². The van der Waals surface area contributed by atoms with Gasteiger partial charge in [-0.15, -0.1) is 0 Å². The van der Waals surface area contributed by atoms with Crippen LogP contribution in [0.15, 0.2) is 12.1 Å². The molecule has 0 spiro atoms. The predicted molar refractivity (Wildman–Crippen MR) is 80.8 cm³/mol. The molecular formula is C15H15Cl2FN2O. The standard InChI is InChI=1S/C15H15Cl2FN2O/c16-11-7-10(18)8-12(17)13(11)20-14(21)15(9-19)5-3-1-2-4-6-15/h7-8H,1-6H2,(H,20,21). The van der Waals surface area contributed by atoms with Crippen molar-refractivity contribution in [2.45, 2.75) is 38.5 Å². The van der Waals surface area contributed by atoms with E-state index in [0.717, 1.165) is 37.8 Å². The quantitative estimate of drug-likeness (QED) is 0.782. The average molecular weight is 329 g/mol. The zero-order valence-corrected chi connectivity index (χ0v) is 12.9. The van der Waals surface area contributed by atoms with Gasteiger partial charge >= 0.3 is 0 Å². The molecule has 1 N–H and O–H groups in total. The summed E-state index contributed by atoms with van der Waals surface area (Å²) in [6.45, 7) is 0. The minimum atomic E-state index is -1.06. The molecule has 0 atom stereocenters. The second kappa shape index (κ2) is 6.64. The lowest BCUT2D eigenvalue weighted by Gasteiger charge is -2.24. The van der Waals surface area contributed by atoms with E-state index in [2.05, 4.69) is 11.4 Å². The highest BCUT2D eigenvalue weighted by Gasteiger charge is 2.39. The lowest BCUT2D eigenvalue weighted by atomic mass is 9.81. The summed E-state index contributed by atoms with van der Waals surface area (Å²) in [6.07, 6.45) is 4.76. The molecule has 3 nitrogen and oxygen atoms in total. The van der Waals surface area contributed by atoms with Crippen molar-refractivity contribution in [1.29, 1.82) is 5.26 Å². The topological polar surface area (TPSA) is 52.9 Å². The van der Waals surface area contributed by atoms with Crippen LogP contribution in [-0.2, 0) is 4.79 Å². The molecule has 0 unspecified atom stereocenters. The number of carbonyl (C=O) groups excluding carboxylic acids is 1. The van der Waals surface area contributed by atoms with E-state index in [0.29, 0.717) is 12.8 Å². The first-order valence-electron chi connectivity index (χ1n) is 6.86. The molecule has 0 heterocycles. The van der Waals surface area contributed by atoms with Gasteiger partial charge in [-0.2, -0.15) is 5.26 Å². The molecule has 0 aliphatic heterocycles. The van der Waals surface area contributed by atoms with E-state index >= 15 is 0 Å². The first-order chi connectivity index (χ1) is 9.98. The van der Waals surface area contributed by atoms with E-state index in [-0.39, 0.29) is 15.7 Å². The number of nitrogens with zero attached hydrogens (tertiary/aromatic N) is 1. The number of amides is 1. The van der Waals surface area contributed by atoms with Crippen molar-refractivity contribution < 1.29 is 9.18 Å². The van der Waals surface area contributed by atoms with Crippen LogP contribution in [0.4, 0.5) is 10.1 Å². The van der Waals surface area contributed by atoms with Crippen LogP contribution in [0.3, 0.4) is 0 Å². The maximum atomic E-state index is 13.2. The molecule has 112 valence electrons. The first-order valence-corrected chi connectivity index (χ1v) is 7.61. The van der Waals surface area contributed by atoms with Gasteiger partial charge in [-0.1, -0.05) is 48.9 Å². The van der Waals surface area contributed by atoms with Gasteiger partial charge in [0.2, 0.25) is 5.91 Å². The largest absolute Gasteiger partial charge is 0.322 e. The lowest BCUT2D eigenvalue weighted by molar-refractivity contribution is -0.123. The minimum absolute atomic E-state index is 0.0232. The second-order valence-electron chi connectivity index (χ2n) is 5.31. The molecule has 2 rings (SSSR count). The fourth-order valence-electron chi connectivity index (χ4n) is 2.62. The van der Waals surface area contributed by atoms with Crippen LogP contribution < -0.4 is 5.32 Å². The minimum Gasteiger partial charge on any atom is -0.322 e. The third kappa shape index (κ3) is 3.48. The van der Waals surface area contributed by atoms with E-state index in [1.165, 1.54) is 0 Å². The summed E-state index contributed by atoms with van der Waals surface area (Å²) in [5.41, 5.74) is -0.902. The van der Waals surface area contributed by atoms with Gasteiger partial charge in [-0.25, -0.2) is 4.39 Å². The number of nitriles is 1. The monoisotopic (exact) mass is 328 g/mol. The molecule has 1 fully saturated rings. The Morgan fingerprint density at radius 1 is 1.19 bits per heavy atom. The highest BCUT2D eigenvalue weighted by Crippen LogP contribution is 2.38. The van der Waals surface area contributed by atoms with Gasteiger partial charge in [-0.05, 0) is 25.0 Å². The molecule has 1 aliphatic rings. The van der Waals surface area contributed by atoms with Crippen molar-refractivity contribution in [2.75, 3.05) is 5.32 Å². The normalized spacial score (nSPS) is 17.6. The van der Waals surface area contributed by atoms with Gasteiger partial charge in [0.15, 0.2) is 0 Å². The van der Waals surface area contributed by atoms with Crippen molar-refractivity contribution in [1.82, 2.24) is 0 Å². The van der Waals surface area contributed by atoms with Crippen LogP contribution in [0.5, 0.6) is 0 Å². The third-order valence-electron chi connectivity index (χ3n) is 3.85. The van der Waals surface area contributed by atoms with Crippen LogP contribution in [-0.4, -0.2) is 5.91 Å². The molecule has 1 amide bonds. The summed E-state index contributed by atoms with van der Waals surface area (Å²) in [5.74, 6) is -0.991. The number of hydrogen-bond acceptors (Lipinski definition) is 2. The third-order valence-corrected chi connectivity index (χ3v) is 4.45. The van der Waals surface area contributed by atoms with E-state index in [1.807, 2.05) is 0 Å². The Morgan fingerprint density at radius 3 is 2.19 bits per heavy atom. The van der Waals surface area contributed by atoms with E-state index < -0.39 is 17.1 Å². The van der Waals surface area contributed by atoms with Crippen molar-refractivity contribution in [3.8, 4) is 6.07 Å². The Balaban J connectivity index is 2.26. The number of nitrogens with one attached hydrogen (secondary N) is 1. The molecule has 0 radical (unpaired) electrons. The summed E-state index contributed by atoms with van der Waals surface area (Å²) in [5, 5.41) is 12.1. The summed E-state index contributed by atoms with van der Waals surface area (Å²) >= 11 is 11.8. The Bertz CT molecular complexity index is 567. The summed E-state index contributed by atoms with van der Waals surface area (Å²) < 4.78 is 13.2. The lowest BCUT2D eigenvalue weighted by Crippen LogP contribution is -2.34. The van der Waals surface area contributed by atoms with E-state index in [1.54, 1.807) is 0 Å². The molecule has 0 bridgehead atoms. The SMILES string of the molecule is N#CC1(C(=O)Nc2c(Cl)cc(F)cc2Cl)CCCCCC1. The highest BCUT2D eigenvalue weighted by atomic mass is 35.5. The summed E-state index contributed by atoms with van der Waals surface area (Å²) in [7, 11) is 0. The van der Waals surface area contributed by atoms with Crippen LogP contribution >= 0.6 is 23.2 Å². The molecular weight excluding hydrogens is 314 g/mol. The number of anilines is 1. The Hall–Kier alpha value is -1.31.